The van der Waals surface area contributed by atoms with Crippen molar-refractivity contribution in [2.45, 2.75) is 13.3 Å². The van der Waals surface area contributed by atoms with Crippen LogP contribution in [0.15, 0.2) is 29.7 Å². The number of aryl methyl sites for hydroxylation is 1. The highest BCUT2D eigenvalue weighted by molar-refractivity contribution is 5.88. The van der Waals surface area contributed by atoms with Crippen LogP contribution in [-0.2, 0) is 4.84 Å². The Balaban J connectivity index is 1.78. The molecule has 0 bridgehead atoms. The lowest BCUT2D eigenvalue weighted by Gasteiger charge is -2.10. The van der Waals surface area contributed by atoms with Gasteiger partial charge in [0.2, 0.25) is 5.88 Å². The monoisotopic (exact) mass is 386 g/mol. The number of nitrogens with zero attached hydrogens (tertiary/aromatic N) is 4. The molecule has 3 rings (SSSR count). The minimum Gasteiger partial charge on any atom is -0.435 e. The van der Waals surface area contributed by atoms with Gasteiger partial charge >= 0.3 is 0 Å². The van der Waals surface area contributed by atoms with Crippen molar-refractivity contribution in [1.29, 1.82) is 0 Å². The lowest BCUT2D eigenvalue weighted by atomic mass is 10.2. The Morgan fingerprint density at radius 3 is 2.93 bits per heavy atom. The molecule has 0 amide bonds. The molecular weight excluding hydrogens is 363 g/mol. The summed E-state index contributed by atoms with van der Waals surface area (Å²) in [6.45, 7) is 3.20. The number of nitrogens with one attached hydrogen (secondary N) is 1. The first-order valence-electron chi connectivity index (χ1n) is 8.82. The summed E-state index contributed by atoms with van der Waals surface area (Å²) in [6, 6.07) is 4.99. The van der Waals surface area contributed by atoms with Gasteiger partial charge in [0, 0.05) is 23.1 Å². The van der Waals surface area contributed by atoms with E-state index in [-0.39, 0.29) is 17.4 Å². The minimum absolute atomic E-state index is 0.0335. The van der Waals surface area contributed by atoms with Crippen molar-refractivity contribution in [1.82, 2.24) is 19.9 Å². The van der Waals surface area contributed by atoms with Gasteiger partial charge in [0.1, 0.15) is 24.3 Å². The summed E-state index contributed by atoms with van der Waals surface area (Å²) in [4.78, 5) is 18.4. The summed E-state index contributed by atoms with van der Waals surface area (Å²) < 4.78 is 20.4. The van der Waals surface area contributed by atoms with E-state index in [1.165, 1.54) is 18.6 Å². The van der Waals surface area contributed by atoms with Crippen molar-refractivity contribution in [3.8, 4) is 11.6 Å². The number of hydrogen-bond acceptors (Lipinski definition) is 7. The highest BCUT2D eigenvalue weighted by Crippen LogP contribution is 2.31. The highest BCUT2D eigenvalue weighted by Gasteiger charge is 2.15. The normalized spacial score (nSPS) is 11.6. The summed E-state index contributed by atoms with van der Waals surface area (Å²) in [7, 11) is 3.97. The van der Waals surface area contributed by atoms with Crippen LogP contribution in [-0.4, -0.2) is 53.3 Å². The van der Waals surface area contributed by atoms with Crippen molar-refractivity contribution in [2.24, 2.45) is 5.16 Å². The minimum atomic E-state index is -0.484. The van der Waals surface area contributed by atoms with Crippen LogP contribution in [0.3, 0.4) is 0 Å². The smallest absolute Gasteiger partial charge is 0.233 e. The number of ether oxygens (including phenoxy) is 1. The van der Waals surface area contributed by atoms with Gasteiger partial charge in [-0.1, -0.05) is 5.16 Å². The summed E-state index contributed by atoms with van der Waals surface area (Å²) in [6.07, 6.45) is 3.45. The predicted octanol–water partition coefficient (Wildman–Crippen LogP) is 3.08. The maximum Gasteiger partial charge on any atom is 0.233 e. The van der Waals surface area contributed by atoms with Gasteiger partial charge in [-0.3, -0.25) is 0 Å². The molecule has 0 aliphatic heterocycles. The van der Waals surface area contributed by atoms with Gasteiger partial charge in [-0.05, 0) is 45.6 Å². The first-order valence-corrected chi connectivity index (χ1v) is 8.82. The fourth-order valence-corrected chi connectivity index (χ4v) is 2.65. The van der Waals surface area contributed by atoms with Crippen molar-refractivity contribution in [3.05, 3.63) is 41.6 Å². The van der Waals surface area contributed by atoms with Gasteiger partial charge in [-0.15, -0.1) is 0 Å². The van der Waals surface area contributed by atoms with E-state index in [2.05, 4.69) is 25.0 Å². The number of H-pyrrole nitrogens is 1. The number of nitrogens with two attached hydrogens (primary N) is 1. The second-order valence-electron chi connectivity index (χ2n) is 6.60. The van der Waals surface area contributed by atoms with Crippen LogP contribution in [0, 0.1) is 12.7 Å². The van der Waals surface area contributed by atoms with Gasteiger partial charge in [0.25, 0.3) is 0 Å². The second kappa shape index (κ2) is 8.66. The molecule has 8 nitrogen and oxygen atoms in total. The maximum absolute atomic E-state index is 14.8. The van der Waals surface area contributed by atoms with Crippen molar-refractivity contribution < 1.29 is 14.0 Å². The number of halogens is 1. The lowest BCUT2D eigenvalue weighted by Crippen LogP contribution is -2.14. The number of aromatic nitrogens is 3. The average molecular weight is 386 g/mol. The Kier molecular flexibility index (Phi) is 6.05. The van der Waals surface area contributed by atoms with E-state index >= 15 is 0 Å². The molecule has 0 saturated carbocycles. The van der Waals surface area contributed by atoms with Crippen LogP contribution < -0.4 is 10.5 Å². The Labute approximate surface area is 162 Å². The van der Waals surface area contributed by atoms with E-state index in [0.717, 1.165) is 18.7 Å². The van der Waals surface area contributed by atoms with Crippen LogP contribution in [0.25, 0.3) is 10.9 Å². The maximum atomic E-state index is 14.8. The Morgan fingerprint density at radius 2 is 2.14 bits per heavy atom. The number of anilines is 1. The van der Waals surface area contributed by atoms with Crippen LogP contribution in [0.5, 0.6) is 11.6 Å². The summed E-state index contributed by atoms with van der Waals surface area (Å²) in [5.74, 6) is -0.198. The van der Waals surface area contributed by atoms with Crippen molar-refractivity contribution in [2.75, 3.05) is 33.0 Å². The molecule has 0 unspecified atom stereocenters. The van der Waals surface area contributed by atoms with Gasteiger partial charge in [-0.2, -0.15) is 0 Å². The zero-order chi connectivity index (χ0) is 20.1. The molecule has 2 aromatic heterocycles. The van der Waals surface area contributed by atoms with Crippen LogP contribution >= 0.6 is 0 Å². The van der Waals surface area contributed by atoms with Gasteiger partial charge in [-0.25, -0.2) is 14.4 Å². The third kappa shape index (κ3) is 4.55. The molecule has 0 atom stereocenters. The van der Waals surface area contributed by atoms with E-state index in [1.54, 1.807) is 12.1 Å². The third-order valence-corrected chi connectivity index (χ3v) is 4.02. The molecule has 28 heavy (non-hydrogen) atoms. The van der Waals surface area contributed by atoms with Gasteiger partial charge in [0.15, 0.2) is 11.6 Å². The van der Waals surface area contributed by atoms with E-state index < -0.39 is 5.82 Å². The number of oxime groups is 1. The summed E-state index contributed by atoms with van der Waals surface area (Å²) >= 11 is 0. The molecule has 0 aliphatic rings. The SMILES string of the molecule is Cc1cc2c(F)c(Oc3ncnc(N)c3C=NOCCCN(C)C)ccc2[nH]1. The molecule has 0 aliphatic carbocycles. The average Bonchev–Trinajstić information content (AvgIpc) is 3.03. The summed E-state index contributed by atoms with van der Waals surface area (Å²) in [5.41, 5.74) is 7.77. The van der Waals surface area contributed by atoms with E-state index in [0.29, 0.717) is 23.1 Å². The largest absolute Gasteiger partial charge is 0.435 e. The summed E-state index contributed by atoms with van der Waals surface area (Å²) in [5, 5.41) is 4.34. The molecule has 1 aromatic carbocycles. The molecule has 148 valence electrons. The van der Waals surface area contributed by atoms with Crippen LogP contribution in [0.1, 0.15) is 17.7 Å². The molecule has 0 saturated heterocycles. The predicted molar refractivity (Wildman–Crippen MR) is 106 cm³/mol. The molecule has 0 fully saturated rings. The number of aromatic amines is 1. The van der Waals surface area contributed by atoms with E-state index in [9.17, 15) is 4.39 Å². The van der Waals surface area contributed by atoms with Crippen LogP contribution in [0.4, 0.5) is 10.2 Å². The van der Waals surface area contributed by atoms with E-state index in [4.69, 9.17) is 15.3 Å². The van der Waals surface area contributed by atoms with Gasteiger partial charge in [0.05, 0.1) is 6.21 Å². The number of benzene rings is 1. The van der Waals surface area contributed by atoms with Gasteiger partial charge < -0.3 is 25.2 Å². The third-order valence-electron chi connectivity index (χ3n) is 4.02. The number of rotatable bonds is 8. The quantitative estimate of drug-likeness (QED) is 0.350. The molecule has 3 N–H and O–H groups in total. The number of fused-ring (bicyclic) bond motifs is 1. The Hall–Kier alpha value is -3.20. The number of hydrogen-bond donors (Lipinski definition) is 2. The molecule has 3 aromatic rings. The van der Waals surface area contributed by atoms with Crippen molar-refractivity contribution in [3.63, 3.8) is 0 Å². The molecule has 0 spiro atoms. The fourth-order valence-electron chi connectivity index (χ4n) is 2.65. The molecule has 2 heterocycles. The Bertz CT molecular complexity index is 986. The van der Waals surface area contributed by atoms with Crippen LogP contribution in [0.2, 0.25) is 0 Å². The second-order valence-corrected chi connectivity index (χ2v) is 6.60. The zero-order valence-corrected chi connectivity index (χ0v) is 16.1. The zero-order valence-electron chi connectivity index (χ0n) is 16.1. The Morgan fingerprint density at radius 1 is 1.32 bits per heavy atom. The fraction of sp³-hybridized carbons (Fsp3) is 0.316. The van der Waals surface area contributed by atoms with Crippen molar-refractivity contribution >= 4 is 22.9 Å². The molecule has 9 heteroatoms. The molecule has 0 radical (unpaired) electrons. The standard InChI is InChI=1S/C19H23FN6O2/c1-12-9-13-15(25-12)5-6-16(17(13)20)28-19-14(18(21)22-11-23-19)10-24-27-8-4-7-26(2)3/h5-6,9-11,25H,4,7-8H2,1-3H3,(H2,21,22,23). The topological polar surface area (TPSA) is 102 Å². The molecular formula is C19H23FN6O2. The lowest BCUT2D eigenvalue weighted by molar-refractivity contribution is 0.136. The number of nitrogen functional groups attached to an aromatic ring is 1. The first-order chi connectivity index (χ1) is 13.5. The first kappa shape index (κ1) is 19.6. The van der Waals surface area contributed by atoms with E-state index in [1.807, 2.05) is 21.0 Å². The highest BCUT2D eigenvalue weighted by atomic mass is 19.1.